The smallest absolute Gasteiger partial charge is 0.140 e. The fraction of sp³-hybridized carbons (Fsp3) is 0.357. The number of nitrogens with two attached hydrogens (primary N) is 1. The van der Waals surface area contributed by atoms with Crippen LogP contribution in [0.3, 0.4) is 0 Å². The highest BCUT2D eigenvalue weighted by molar-refractivity contribution is 6.32. The van der Waals surface area contributed by atoms with Crippen LogP contribution in [0.4, 0.5) is 5.82 Å². The van der Waals surface area contributed by atoms with Gasteiger partial charge in [0.2, 0.25) is 0 Å². The Morgan fingerprint density at radius 2 is 2.26 bits per heavy atom. The number of fused-ring (bicyclic) bond motifs is 1. The van der Waals surface area contributed by atoms with E-state index in [0.717, 1.165) is 25.0 Å². The van der Waals surface area contributed by atoms with E-state index in [2.05, 4.69) is 17.2 Å². The molecule has 1 aromatic carbocycles. The number of aromatic nitrogens is 2. The van der Waals surface area contributed by atoms with E-state index < -0.39 is 0 Å². The molecule has 1 aliphatic rings. The van der Waals surface area contributed by atoms with E-state index in [9.17, 15) is 0 Å². The molecule has 0 spiro atoms. The number of anilines is 1. The normalized spacial score (nSPS) is 18.1. The fourth-order valence-corrected chi connectivity index (χ4v) is 2.82. The van der Waals surface area contributed by atoms with Gasteiger partial charge in [-0.1, -0.05) is 17.7 Å². The van der Waals surface area contributed by atoms with Crippen molar-refractivity contribution in [3.63, 3.8) is 0 Å². The maximum Gasteiger partial charge on any atom is 0.140 e. The predicted molar refractivity (Wildman–Crippen MR) is 75.7 cm³/mol. The summed E-state index contributed by atoms with van der Waals surface area (Å²) in [5.41, 5.74) is 8.64. The minimum absolute atomic E-state index is 0.270. The van der Waals surface area contributed by atoms with Crippen LogP contribution in [0.5, 0.6) is 5.75 Å². The molecule has 100 valence electrons. The number of benzene rings is 1. The molecule has 1 unspecified atom stereocenters. The van der Waals surface area contributed by atoms with Crippen LogP contribution in [0.1, 0.15) is 23.6 Å². The molecule has 1 aromatic heterocycles. The lowest BCUT2D eigenvalue weighted by Crippen LogP contribution is -2.21. The molecule has 0 saturated heterocycles. The summed E-state index contributed by atoms with van der Waals surface area (Å²) in [5, 5.41) is 4.81. The lowest BCUT2D eigenvalue weighted by Gasteiger charge is -2.26. The summed E-state index contributed by atoms with van der Waals surface area (Å²) in [7, 11) is 1.69. The first-order valence-electron chi connectivity index (χ1n) is 6.33. The average molecular weight is 278 g/mol. The van der Waals surface area contributed by atoms with Crippen LogP contribution in [-0.4, -0.2) is 16.9 Å². The Hall–Kier alpha value is -1.68. The Bertz CT molecular complexity index is 609. The SMILES string of the molecule is COc1ccc2c(c1)CC(n1ncc(Cl)c1N)CC2. The molecule has 0 radical (unpaired) electrons. The minimum Gasteiger partial charge on any atom is -0.497 e. The standard InChI is InChI=1S/C14H16ClN3O/c1-19-12-5-3-9-2-4-11(6-10(9)7-12)18-14(16)13(15)8-17-18/h3,5,7-8,11H,2,4,6,16H2,1H3. The molecular weight excluding hydrogens is 262 g/mol. The zero-order valence-electron chi connectivity index (χ0n) is 10.8. The third-order valence-corrected chi connectivity index (χ3v) is 4.04. The van der Waals surface area contributed by atoms with Gasteiger partial charge in [-0.2, -0.15) is 5.10 Å². The van der Waals surface area contributed by atoms with Gasteiger partial charge in [-0.25, -0.2) is 4.68 Å². The molecule has 1 heterocycles. The van der Waals surface area contributed by atoms with Crippen LogP contribution in [0.2, 0.25) is 5.02 Å². The molecule has 0 fully saturated rings. The summed E-state index contributed by atoms with van der Waals surface area (Å²) in [5.74, 6) is 1.45. The maximum atomic E-state index is 5.97. The van der Waals surface area contributed by atoms with E-state index in [1.807, 2.05) is 10.7 Å². The number of hydrogen-bond acceptors (Lipinski definition) is 3. The monoisotopic (exact) mass is 277 g/mol. The van der Waals surface area contributed by atoms with Gasteiger partial charge in [-0.15, -0.1) is 0 Å². The second-order valence-electron chi connectivity index (χ2n) is 4.85. The lowest BCUT2D eigenvalue weighted by molar-refractivity contribution is 0.399. The molecule has 2 aromatic rings. The first-order valence-corrected chi connectivity index (χ1v) is 6.71. The second kappa shape index (κ2) is 4.78. The van der Waals surface area contributed by atoms with Gasteiger partial charge in [-0.05, 0) is 42.5 Å². The molecule has 0 amide bonds. The van der Waals surface area contributed by atoms with Gasteiger partial charge in [0, 0.05) is 0 Å². The Morgan fingerprint density at radius 3 is 2.95 bits per heavy atom. The van der Waals surface area contributed by atoms with E-state index in [-0.39, 0.29) is 6.04 Å². The van der Waals surface area contributed by atoms with Crippen molar-refractivity contribution in [2.24, 2.45) is 0 Å². The summed E-state index contributed by atoms with van der Waals surface area (Å²) < 4.78 is 7.12. The summed E-state index contributed by atoms with van der Waals surface area (Å²) in [6.45, 7) is 0. The van der Waals surface area contributed by atoms with Crippen LogP contribution >= 0.6 is 11.6 Å². The molecule has 2 N–H and O–H groups in total. The van der Waals surface area contributed by atoms with Crippen LogP contribution in [0.15, 0.2) is 24.4 Å². The molecular formula is C14H16ClN3O. The van der Waals surface area contributed by atoms with Crippen LogP contribution in [-0.2, 0) is 12.8 Å². The van der Waals surface area contributed by atoms with Crippen molar-refractivity contribution < 1.29 is 4.74 Å². The average Bonchev–Trinajstić information content (AvgIpc) is 2.78. The van der Waals surface area contributed by atoms with Crippen molar-refractivity contribution in [3.05, 3.63) is 40.5 Å². The maximum absolute atomic E-state index is 5.97. The highest BCUT2D eigenvalue weighted by Crippen LogP contribution is 2.33. The van der Waals surface area contributed by atoms with E-state index >= 15 is 0 Å². The van der Waals surface area contributed by atoms with E-state index in [0.29, 0.717) is 10.8 Å². The van der Waals surface area contributed by atoms with Gasteiger partial charge in [0.25, 0.3) is 0 Å². The molecule has 0 saturated carbocycles. The van der Waals surface area contributed by atoms with E-state index in [1.165, 1.54) is 11.1 Å². The van der Waals surface area contributed by atoms with Crippen molar-refractivity contribution in [2.75, 3.05) is 12.8 Å². The number of rotatable bonds is 2. The quantitative estimate of drug-likeness (QED) is 0.918. The highest BCUT2D eigenvalue weighted by Gasteiger charge is 2.23. The van der Waals surface area contributed by atoms with Gasteiger partial charge < -0.3 is 10.5 Å². The number of nitrogens with zero attached hydrogens (tertiary/aromatic N) is 2. The highest BCUT2D eigenvalue weighted by atomic mass is 35.5. The Balaban J connectivity index is 1.91. The van der Waals surface area contributed by atoms with Gasteiger partial charge in [0.05, 0.1) is 19.3 Å². The van der Waals surface area contributed by atoms with Crippen LogP contribution < -0.4 is 10.5 Å². The van der Waals surface area contributed by atoms with Gasteiger partial charge in [0.1, 0.15) is 16.6 Å². The molecule has 0 aliphatic heterocycles. The van der Waals surface area contributed by atoms with Crippen molar-refractivity contribution in [3.8, 4) is 5.75 Å². The largest absolute Gasteiger partial charge is 0.497 e. The van der Waals surface area contributed by atoms with Crippen molar-refractivity contribution in [2.45, 2.75) is 25.3 Å². The summed E-state index contributed by atoms with van der Waals surface area (Å²) >= 11 is 5.97. The van der Waals surface area contributed by atoms with Gasteiger partial charge >= 0.3 is 0 Å². The van der Waals surface area contributed by atoms with Crippen LogP contribution in [0.25, 0.3) is 0 Å². The summed E-state index contributed by atoms with van der Waals surface area (Å²) in [4.78, 5) is 0. The zero-order valence-corrected chi connectivity index (χ0v) is 11.5. The number of nitrogen functional groups attached to an aromatic ring is 1. The van der Waals surface area contributed by atoms with Gasteiger partial charge in [-0.3, -0.25) is 0 Å². The Labute approximate surface area is 117 Å². The third kappa shape index (κ3) is 2.16. The number of ether oxygens (including phenoxy) is 1. The third-order valence-electron chi connectivity index (χ3n) is 3.75. The molecule has 5 heteroatoms. The molecule has 1 atom stereocenters. The number of halogens is 1. The first-order chi connectivity index (χ1) is 9.19. The summed E-state index contributed by atoms with van der Waals surface area (Å²) in [6.07, 6.45) is 4.58. The molecule has 3 rings (SSSR count). The molecule has 19 heavy (non-hydrogen) atoms. The first kappa shape index (κ1) is 12.4. The number of aryl methyl sites for hydroxylation is 1. The lowest BCUT2D eigenvalue weighted by atomic mass is 9.88. The predicted octanol–water partition coefficient (Wildman–Crippen LogP) is 2.86. The minimum atomic E-state index is 0.270. The van der Waals surface area contributed by atoms with E-state index in [1.54, 1.807) is 13.3 Å². The Kier molecular flexibility index (Phi) is 3.11. The van der Waals surface area contributed by atoms with Gasteiger partial charge in [0.15, 0.2) is 0 Å². The molecule has 0 bridgehead atoms. The zero-order chi connectivity index (χ0) is 13.4. The van der Waals surface area contributed by atoms with Crippen molar-refractivity contribution in [1.29, 1.82) is 0 Å². The van der Waals surface area contributed by atoms with Crippen molar-refractivity contribution in [1.82, 2.24) is 9.78 Å². The molecule has 1 aliphatic carbocycles. The topological polar surface area (TPSA) is 53.1 Å². The fourth-order valence-electron chi connectivity index (χ4n) is 2.69. The summed E-state index contributed by atoms with van der Waals surface area (Å²) in [6, 6.07) is 6.53. The van der Waals surface area contributed by atoms with Crippen molar-refractivity contribution >= 4 is 17.4 Å². The Morgan fingerprint density at radius 1 is 1.42 bits per heavy atom. The van der Waals surface area contributed by atoms with E-state index in [4.69, 9.17) is 22.1 Å². The number of methoxy groups -OCH3 is 1. The molecule has 4 nitrogen and oxygen atoms in total. The second-order valence-corrected chi connectivity index (χ2v) is 5.26. The number of hydrogen-bond donors (Lipinski definition) is 1. The van der Waals surface area contributed by atoms with Crippen LogP contribution in [0, 0.1) is 0 Å².